The van der Waals surface area contributed by atoms with Crippen LogP contribution in [0.2, 0.25) is 0 Å². The molecule has 1 aliphatic heterocycles. The standard InChI is InChI=1S/C12H21NO5/c1-3-18-9(2)10(14)13-8-12(11(15)16)4-6-17-7-5-12/h9H,3-8H2,1-2H3,(H,13,14)(H,15,16). The number of nitrogens with one attached hydrogen (secondary N) is 1. The summed E-state index contributed by atoms with van der Waals surface area (Å²) in [5.41, 5.74) is -0.903. The number of carbonyl (C=O) groups excluding carboxylic acids is 1. The van der Waals surface area contributed by atoms with E-state index in [9.17, 15) is 14.7 Å². The summed E-state index contributed by atoms with van der Waals surface area (Å²) in [4.78, 5) is 23.0. The van der Waals surface area contributed by atoms with E-state index in [2.05, 4.69) is 5.32 Å². The highest BCUT2D eigenvalue weighted by atomic mass is 16.5. The molecule has 0 spiro atoms. The van der Waals surface area contributed by atoms with Gasteiger partial charge in [-0.3, -0.25) is 9.59 Å². The van der Waals surface area contributed by atoms with Crippen molar-refractivity contribution in [3.8, 4) is 0 Å². The molecule has 6 nitrogen and oxygen atoms in total. The normalized spacial score (nSPS) is 20.1. The Balaban J connectivity index is 2.52. The predicted octanol–water partition coefficient (Wildman–Crippen LogP) is 0.409. The van der Waals surface area contributed by atoms with Gasteiger partial charge in [0.25, 0.3) is 0 Å². The Morgan fingerprint density at radius 1 is 1.44 bits per heavy atom. The van der Waals surface area contributed by atoms with Gasteiger partial charge in [0.2, 0.25) is 5.91 Å². The highest BCUT2D eigenvalue weighted by Gasteiger charge is 2.40. The number of hydrogen-bond donors (Lipinski definition) is 2. The van der Waals surface area contributed by atoms with E-state index in [0.717, 1.165) is 0 Å². The van der Waals surface area contributed by atoms with E-state index < -0.39 is 17.5 Å². The van der Waals surface area contributed by atoms with Crippen LogP contribution in [0.3, 0.4) is 0 Å². The zero-order chi connectivity index (χ0) is 13.6. The molecule has 0 radical (unpaired) electrons. The average Bonchev–Trinajstić information content (AvgIpc) is 2.37. The van der Waals surface area contributed by atoms with Crippen LogP contribution in [0, 0.1) is 5.41 Å². The fraction of sp³-hybridized carbons (Fsp3) is 0.833. The number of rotatable bonds is 6. The minimum atomic E-state index is -0.903. The van der Waals surface area contributed by atoms with Crippen LogP contribution in [-0.2, 0) is 19.1 Å². The van der Waals surface area contributed by atoms with E-state index in [1.54, 1.807) is 13.8 Å². The Bertz CT molecular complexity index is 299. The van der Waals surface area contributed by atoms with Crippen molar-refractivity contribution in [2.75, 3.05) is 26.4 Å². The van der Waals surface area contributed by atoms with Gasteiger partial charge in [0, 0.05) is 26.4 Å². The molecule has 1 heterocycles. The second kappa shape index (κ2) is 6.70. The average molecular weight is 259 g/mol. The molecule has 1 amide bonds. The summed E-state index contributed by atoms with van der Waals surface area (Å²) in [7, 11) is 0. The van der Waals surface area contributed by atoms with E-state index in [4.69, 9.17) is 9.47 Å². The van der Waals surface area contributed by atoms with Crippen LogP contribution in [0.5, 0.6) is 0 Å². The lowest BCUT2D eigenvalue weighted by atomic mass is 9.80. The molecule has 2 N–H and O–H groups in total. The van der Waals surface area contributed by atoms with E-state index in [1.165, 1.54) is 0 Å². The summed E-state index contributed by atoms with van der Waals surface area (Å²) in [5, 5.41) is 12.0. The van der Waals surface area contributed by atoms with Crippen molar-refractivity contribution in [3.05, 3.63) is 0 Å². The summed E-state index contributed by atoms with van der Waals surface area (Å²) < 4.78 is 10.3. The number of carboxylic acid groups (broad SMARTS) is 1. The van der Waals surface area contributed by atoms with Crippen molar-refractivity contribution < 1.29 is 24.2 Å². The predicted molar refractivity (Wildman–Crippen MR) is 64.2 cm³/mol. The first-order chi connectivity index (χ1) is 8.52. The number of carbonyl (C=O) groups is 2. The first-order valence-electron chi connectivity index (χ1n) is 6.22. The minimum absolute atomic E-state index is 0.127. The van der Waals surface area contributed by atoms with E-state index in [1.807, 2.05) is 0 Å². The molecular weight excluding hydrogens is 238 g/mol. The topological polar surface area (TPSA) is 84.9 Å². The molecule has 0 bridgehead atoms. The summed E-state index contributed by atoms with van der Waals surface area (Å²) in [6, 6.07) is 0. The smallest absolute Gasteiger partial charge is 0.311 e. The largest absolute Gasteiger partial charge is 0.481 e. The summed E-state index contributed by atoms with van der Waals surface area (Å²) in [6.45, 7) is 4.87. The lowest BCUT2D eigenvalue weighted by Gasteiger charge is -2.33. The molecule has 0 aliphatic carbocycles. The van der Waals surface area contributed by atoms with Gasteiger partial charge in [-0.15, -0.1) is 0 Å². The van der Waals surface area contributed by atoms with Crippen LogP contribution in [-0.4, -0.2) is 49.5 Å². The minimum Gasteiger partial charge on any atom is -0.481 e. The molecular formula is C12H21NO5. The third-order valence-electron chi connectivity index (χ3n) is 3.29. The molecule has 1 unspecified atom stereocenters. The van der Waals surface area contributed by atoms with Gasteiger partial charge in [0.05, 0.1) is 5.41 Å². The number of aliphatic carboxylic acids is 1. The van der Waals surface area contributed by atoms with Crippen LogP contribution in [0.4, 0.5) is 0 Å². The first kappa shape index (κ1) is 14.9. The number of hydrogen-bond acceptors (Lipinski definition) is 4. The van der Waals surface area contributed by atoms with Crippen LogP contribution in [0.15, 0.2) is 0 Å². The van der Waals surface area contributed by atoms with E-state index in [0.29, 0.717) is 32.7 Å². The van der Waals surface area contributed by atoms with Gasteiger partial charge in [-0.25, -0.2) is 0 Å². The fourth-order valence-corrected chi connectivity index (χ4v) is 1.95. The first-order valence-corrected chi connectivity index (χ1v) is 6.22. The third kappa shape index (κ3) is 3.68. The third-order valence-corrected chi connectivity index (χ3v) is 3.29. The molecule has 6 heteroatoms. The molecule has 1 fully saturated rings. The molecule has 0 aromatic heterocycles. The van der Waals surface area contributed by atoms with Gasteiger partial charge in [-0.05, 0) is 26.7 Å². The SMILES string of the molecule is CCOC(C)C(=O)NCC1(C(=O)O)CCOCC1. The van der Waals surface area contributed by atoms with Crippen LogP contribution in [0.25, 0.3) is 0 Å². The highest BCUT2D eigenvalue weighted by molar-refractivity contribution is 5.82. The maximum atomic E-state index is 11.7. The maximum absolute atomic E-state index is 11.7. The number of ether oxygens (including phenoxy) is 2. The number of carboxylic acids is 1. The lowest BCUT2D eigenvalue weighted by Crippen LogP contribution is -2.48. The monoisotopic (exact) mass is 259 g/mol. The van der Waals surface area contributed by atoms with Crippen molar-refractivity contribution >= 4 is 11.9 Å². The fourth-order valence-electron chi connectivity index (χ4n) is 1.95. The molecule has 1 aliphatic rings. The Hall–Kier alpha value is -1.14. The van der Waals surface area contributed by atoms with Crippen LogP contribution < -0.4 is 5.32 Å². The maximum Gasteiger partial charge on any atom is 0.311 e. The van der Waals surface area contributed by atoms with Crippen molar-refractivity contribution in [3.63, 3.8) is 0 Å². The van der Waals surface area contributed by atoms with Gasteiger partial charge in [0.15, 0.2) is 0 Å². The molecule has 0 aromatic carbocycles. The molecule has 1 saturated heterocycles. The second-order valence-corrected chi connectivity index (χ2v) is 4.51. The van der Waals surface area contributed by atoms with Crippen LogP contribution in [0.1, 0.15) is 26.7 Å². The van der Waals surface area contributed by atoms with E-state index in [-0.39, 0.29) is 12.5 Å². The van der Waals surface area contributed by atoms with Gasteiger partial charge in [0.1, 0.15) is 6.10 Å². The zero-order valence-corrected chi connectivity index (χ0v) is 10.9. The van der Waals surface area contributed by atoms with Crippen molar-refractivity contribution in [2.24, 2.45) is 5.41 Å². The Kier molecular flexibility index (Phi) is 5.55. The molecule has 1 rings (SSSR count). The summed E-state index contributed by atoms with van der Waals surface area (Å²) in [6.07, 6.45) is 0.290. The Morgan fingerprint density at radius 3 is 2.56 bits per heavy atom. The Labute approximate surface area is 107 Å². The van der Waals surface area contributed by atoms with Crippen LogP contribution >= 0.6 is 0 Å². The van der Waals surface area contributed by atoms with Gasteiger partial charge < -0.3 is 19.9 Å². The molecule has 0 aromatic rings. The van der Waals surface area contributed by atoms with Gasteiger partial charge >= 0.3 is 5.97 Å². The quantitative estimate of drug-likeness (QED) is 0.721. The summed E-state index contributed by atoms with van der Waals surface area (Å²) in [5.74, 6) is -1.15. The van der Waals surface area contributed by atoms with E-state index >= 15 is 0 Å². The highest BCUT2D eigenvalue weighted by Crippen LogP contribution is 2.30. The number of amides is 1. The Morgan fingerprint density at radius 2 is 2.06 bits per heavy atom. The molecule has 104 valence electrons. The van der Waals surface area contributed by atoms with Gasteiger partial charge in [-0.1, -0.05) is 0 Å². The lowest BCUT2D eigenvalue weighted by molar-refractivity contribution is -0.155. The van der Waals surface area contributed by atoms with Crippen molar-refractivity contribution in [2.45, 2.75) is 32.8 Å². The summed E-state index contributed by atoms with van der Waals surface area (Å²) >= 11 is 0. The van der Waals surface area contributed by atoms with Crippen molar-refractivity contribution in [1.82, 2.24) is 5.32 Å². The molecule has 1 atom stereocenters. The molecule has 0 saturated carbocycles. The second-order valence-electron chi connectivity index (χ2n) is 4.51. The van der Waals surface area contributed by atoms with Crippen molar-refractivity contribution in [1.29, 1.82) is 0 Å². The van der Waals surface area contributed by atoms with Gasteiger partial charge in [-0.2, -0.15) is 0 Å². The zero-order valence-electron chi connectivity index (χ0n) is 10.9. The molecule has 18 heavy (non-hydrogen) atoms.